The quantitative estimate of drug-likeness (QED) is 0.298. The van der Waals surface area contributed by atoms with Crippen molar-refractivity contribution in [2.75, 3.05) is 12.4 Å². The van der Waals surface area contributed by atoms with Gasteiger partial charge in [-0.05, 0) is 115 Å². The van der Waals surface area contributed by atoms with Gasteiger partial charge in [0.05, 0.1) is 9.28 Å². The highest BCUT2D eigenvalue weighted by Crippen LogP contribution is 2.63. The Morgan fingerprint density at radius 2 is 2.20 bits per heavy atom. The summed E-state index contributed by atoms with van der Waals surface area (Å²) in [5.41, 5.74) is 4.95. The standard InChI is InChI=1S/C27H34IN3O3S/c1-14-11-20-17-9-10-27(3)21(31-34-4)12-16(5-8-22(32)30-26-29-13-15(2)35-26)23(27)18(17)6-7-19(20)24(28)25(14)33/h11,13,16-18,23,33H,5-10,12H2,1-4H3,(H,29,30,32)/b31-21+/t16-,17?,18?,23?,27-/m1/s1. The average Bonchev–Trinajstić information content (AvgIpc) is 3.36. The fourth-order valence-electron chi connectivity index (χ4n) is 7.31. The number of phenolic OH excluding ortho intramolecular Hbond substituents is 1. The summed E-state index contributed by atoms with van der Waals surface area (Å²) in [5, 5.41) is 18.7. The topological polar surface area (TPSA) is 83.8 Å². The summed E-state index contributed by atoms with van der Waals surface area (Å²) in [6.45, 7) is 6.39. The van der Waals surface area contributed by atoms with Gasteiger partial charge in [0, 0.05) is 22.9 Å². The number of thiazole rings is 1. The molecule has 0 aliphatic heterocycles. The van der Waals surface area contributed by atoms with Gasteiger partial charge in [0.25, 0.3) is 0 Å². The SMILES string of the molecule is CO/N=C1\C[C@@H](CCC(=O)Nc2ncc(C)s2)C2C3CCc4c(cc(C)c(O)c4I)C3CC[C@]12C. The molecule has 0 spiro atoms. The summed E-state index contributed by atoms with van der Waals surface area (Å²) in [7, 11) is 1.64. The monoisotopic (exact) mass is 607 g/mol. The second-order valence-corrected chi connectivity index (χ2v) is 13.1. The molecule has 0 bridgehead atoms. The number of hydrogen-bond acceptors (Lipinski definition) is 6. The predicted molar refractivity (Wildman–Crippen MR) is 148 cm³/mol. The Balaban J connectivity index is 1.41. The molecule has 188 valence electrons. The number of fused-ring (bicyclic) bond motifs is 5. The third-order valence-corrected chi connectivity index (χ3v) is 10.8. The van der Waals surface area contributed by atoms with Gasteiger partial charge in [-0.15, -0.1) is 11.3 Å². The molecule has 1 aromatic heterocycles. The second kappa shape index (κ2) is 9.65. The highest BCUT2D eigenvalue weighted by molar-refractivity contribution is 14.1. The number of aromatic nitrogens is 1. The molecule has 2 aromatic rings. The van der Waals surface area contributed by atoms with Crippen LogP contribution in [0.3, 0.4) is 0 Å². The molecule has 0 saturated heterocycles. The normalized spacial score (nSPS) is 30.5. The van der Waals surface area contributed by atoms with Crippen molar-refractivity contribution < 1.29 is 14.7 Å². The van der Waals surface area contributed by atoms with E-state index in [1.807, 2.05) is 13.8 Å². The van der Waals surface area contributed by atoms with Gasteiger partial charge in [0.2, 0.25) is 5.91 Å². The first-order valence-corrected chi connectivity index (χ1v) is 14.5. The Hall–Kier alpha value is -1.68. The summed E-state index contributed by atoms with van der Waals surface area (Å²) in [5.74, 6) is 2.42. The van der Waals surface area contributed by atoms with Crippen LogP contribution in [0.1, 0.15) is 72.9 Å². The number of nitrogens with one attached hydrogen (secondary N) is 1. The van der Waals surface area contributed by atoms with E-state index in [9.17, 15) is 9.90 Å². The number of carbonyl (C=O) groups is 1. The molecule has 3 aliphatic rings. The highest BCUT2D eigenvalue weighted by atomic mass is 127. The molecule has 3 aliphatic carbocycles. The molecular weight excluding hydrogens is 573 g/mol. The number of anilines is 1. The zero-order chi connectivity index (χ0) is 24.9. The zero-order valence-electron chi connectivity index (χ0n) is 20.9. The first kappa shape index (κ1) is 25.0. The maximum Gasteiger partial charge on any atom is 0.226 e. The van der Waals surface area contributed by atoms with Crippen molar-refractivity contribution in [1.82, 2.24) is 4.98 Å². The van der Waals surface area contributed by atoms with Crippen LogP contribution in [-0.2, 0) is 16.1 Å². The van der Waals surface area contributed by atoms with E-state index < -0.39 is 0 Å². The number of rotatable bonds is 5. The van der Waals surface area contributed by atoms with Crippen LogP contribution >= 0.6 is 33.9 Å². The van der Waals surface area contributed by atoms with Gasteiger partial charge in [0.15, 0.2) is 5.13 Å². The predicted octanol–water partition coefficient (Wildman–Crippen LogP) is 6.57. The molecule has 5 atom stereocenters. The van der Waals surface area contributed by atoms with Crippen LogP contribution in [0, 0.1) is 40.6 Å². The van der Waals surface area contributed by atoms with Gasteiger partial charge >= 0.3 is 0 Å². The molecule has 3 unspecified atom stereocenters. The second-order valence-electron chi connectivity index (χ2n) is 10.8. The Kier molecular flexibility index (Phi) is 6.89. The molecule has 8 heteroatoms. The van der Waals surface area contributed by atoms with E-state index in [1.54, 1.807) is 13.3 Å². The van der Waals surface area contributed by atoms with E-state index in [-0.39, 0.29) is 11.3 Å². The average molecular weight is 608 g/mol. The fraction of sp³-hybridized carbons (Fsp3) is 0.593. The molecule has 1 aromatic carbocycles. The molecule has 1 amide bonds. The Bertz CT molecular complexity index is 1180. The van der Waals surface area contributed by atoms with E-state index in [0.717, 1.165) is 52.5 Å². The van der Waals surface area contributed by atoms with Gasteiger partial charge < -0.3 is 15.3 Å². The van der Waals surface area contributed by atoms with Crippen LogP contribution in [0.25, 0.3) is 0 Å². The van der Waals surface area contributed by atoms with E-state index in [4.69, 9.17) is 4.84 Å². The first-order valence-electron chi connectivity index (χ1n) is 12.6. The number of aromatic hydroxyl groups is 1. The minimum absolute atomic E-state index is 0.0152. The van der Waals surface area contributed by atoms with Crippen molar-refractivity contribution in [1.29, 1.82) is 0 Å². The zero-order valence-corrected chi connectivity index (χ0v) is 23.8. The minimum atomic E-state index is 0.0152. The fourth-order valence-corrected chi connectivity index (χ4v) is 9.00. The molecule has 1 heterocycles. The number of nitrogens with zero attached hydrogens (tertiary/aromatic N) is 2. The number of phenols is 1. The number of carbonyl (C=O) groups excluding carboxylic acids is 1. The Labute approximate surface area is 225 Å². The van der Waals surface area contributed by atoms with Crippen LogP contribution in [-0.4, -0.2) is 28.8 Å². The molecule has 2 fully saturated rings. The van der Waals surface area contributed by atoms with Crippen molar-refractivity contribution in [3.05, 3.63) is 37.4 Å². The molecule has 2 N–H and O–H groups in total. The number of aryl methyl sites for hydroxylation is 2. The van der Waals surface area contributed by atoms with Crippen LogP contribution in [0.15, 0.2) is 17.4 Å². The number of amides is 1. The number of halogens is 1. The molecule has 0 radical (unpaired) electrons. The molecule has 5 rings (SSSR count). The lowest BCUT2D eigenvalue weighted by atomic mass is 9.54. The maximum atomic E-state index is 12.8. The lowest BCUT2D eigenvalue weighted by molar-refractivity contribution is -0.116. The smallest absolute Gasteiger partial charge is 0.226 e. The third kappa shape index (κ3) is 4.38. The van der Waals surface area contributed by atoms with Crippen molar-refractivity contribution in [3.63, 3.8) is 0 Å². The van der Waals surface area contributed by atoms with Crippen LogP contribution in [0.2, 0.25) is 0 Å². The van der Waals surface area contributed by atoms with Crippen molar-refractivity contribution in [3.8, 4) is 5.75 Å². The minimum Gasteiger partial charge on any atom is -0.507 e. The van der Waals surface area contributed by atoms with Crippen molar-refractivity contribution in [2.45, 2.75) is 71.6 Å². The van der Waals surface area contributed by atoms with Crippen molar-refractivity contribution in [2.24, 2.45) is 28.3 Å². The molecule has 6 nitrogen and oxygen atoms in total. The van der Waals surface area contributed by atoms with E-state index in [1.165, 1.54) is 28.2 Å². The summed E-state index contributed by atoms with van der Waals surface area (Å²) in [4.78, 5) is 23.4. The van der Waals surface area contributed by atoms with Crippen LogP contribution in [0.4, 0.5) is 5.13 Å². The van der Waals surface area contributed by atoms with Crippen LogP contribution < -0.4 is 5.32 Å². The maximum absolute atomic E-state index is 12.8. The van der Waals surface area contributed by atoms with E-state index >= 15 is 0 Å². The summed E-state index contributed by atoms with van der Waals surface area (Å²) in [6, 6.07) is 2.24. The van der Waals surface area contributed by atoms with Gasteiger partial charge in [-0.1, -0.05) is 18.1 Å². The first-order chi connectivity index (χ1) is 16.7. The number of oxime groups is 1. The lowest BCUT2D eigenvalue weighted by Crippen LogP contribution is -2.44. The number of hydrogen-bond donors (Lipinski definition) is 2. The summed E-state index contributed by atoms with van der Waals surface area (Å²) >= 11 is 3.84. The van der Waals surface area contributed by atoms with E-state index in [0.29, 0.717) is 41.0 Å². The Morgan fingerprint density at radius 1 is 1.40 bits per heavy atom. The van der Waals surface area contributed by atoms with Gasteiger partial charge in [-0.25, -0.2) is 4.98 Å². The van der Waals surface area contributed by atoms with Gasteiger partial charge in [-0.2, -0.15) is 0 Å². The van der Waals surface area contributed by atoms with Crippen molar-refractivity contribution >= 4 is 50.7 Å². The highest BCUT2D eigenvalue weighted by Gasteiger charge is 2.57. The van der Waals surface area contributed by atoms with Crippen LogP contribution in [0.5, 0.6) is 5.75 Å². The molecule has 35 heavy (non-hydrogen) atoms. The largest absolute Gasteiger partial charge is 0.507 e. The summed E-state index contributed by atoms with van der Waals surface area (Å²) in [6.07, 6.45) is 8.38. The van der Waals surface area contributed by atoms with Gasteiger partial charge in [0.1, 0.15) is 12.9 Å². The number of benzene rings is 1. The molecule has 2 saturated carbocycles. The third-order valence-electron chi connectivity index (χ3n) is 8.82. The Morgan fingerprint density at radius 3 is 2.91 bits per heavy atom. The summed E-state index contributed by atoms with van der Waals surface area (Å²) < 4.78 is 1.03. The molecular formula is C27H34IN3O3S. The van der Waals surface area contributed by atoms with E-state index in [2.05, 4.69) is 51.0 Å². The lowest BCUT2D eigenvalue weighted by Gasteiger charge is -2.50. The van der Waals surface area contributed by atoms with Gasteiger partial charge in [-0.3, -0.25) is 4.79 Å².